The first-order valence-corrected chi connectivity index (χ1v) is 10.6. The summed E-state index contributed by atoms with van der Waals surface area (Å²) in [5, 5.41) is 1.16. The number of carbonyl (C=O) groups excluding carboxylic acids is 2. The van der Waals surface area contributed by atoms with Gasteiger partial charge in [0.2, 0.25) is 0 Å². The Morgan fingerprint density at radius 1 is 0.812 bits per heavy atom. The van der Waals surface area contributed by atoms with Gasteiger partial charge < -0.3 is 0 Å². The van der Waals surface area contributed by atoms with E-state index in [9.17, 15) is 14.4 Å². The third-order valence-corrected chi connectivity index (χ3v) is 5.97. The number of hydrogen-bond donors (Lipinski definition) is 0. The molecular weight excluding hydrogens is 449 g/mol. The molecule has 0 spiro atoms. The molecular formula is C24H15Cl2N3O3. The first-order chi connectivity index (χ1) is 15.5. The Kier molecular flexibility index (Phi) is 5.04. The molecule has 4 aromatic rings. The van der Waals surface area contributed by atoms with Crippen LogP contribution in [-0.4, -0.2) is 32.8 Å². The van der Waals surface area contributed by atoms with E-state index < -0.39 is 0 Å². The molecule has 2 amide bonds. The van der Waals surface area contributed by atoms with Gasteiger partial charge in [-0.2, -0.15) is 0 Å². The SMILES string of the molecule is O=C1c2ccccc2C(=O)N1CCc1nc2ccccc2c(=O)n1-c1ccc(Cl)cc1Cl. The summed E-state index contributed by atoms with van der Waals surface area (Å²) in [5.74, 6) is -0.330. The second-order valence-corrected chi connectivity index (χ2v) is 8.18. The summed E-state index contributed by atoms with van der Waals surface area (Å²) in [4.78, 5) is 44.7. The van der Waals surface area contributed by atoms with Crippen LogP contribution in [0.15, 0.2) is 71.5 Å². The number of hydrogen-bond acceptors (Lipinski definition) is 4. The van der Waals surface area contributed by atoms with Crippen LogP contribution in [0.2, 0.25) is 10.0 Å². The molecule has 1 aliphatic rings. The third-order valence-electron chi connectivity index (χ3n) is 5.43. The molecule has 0 fully saturated rings. The smallest absolute Gasteiger partial charge is 0.266 e. The molecule has 0 saturated carbocycles. The Hall–Kier alpha value is -3.48. The minimum Gasteiger partial charge on any atom is -0.274 e. The fourth-order valence-electron chi connectivity index (χ4n) is 3.91. The second kappa shape index (κ2) is 7.89. The van der Waals surface area contributed by atoms with Gasteiger partial charge in [-0.15, -0.1) is 0 Å². The monoisotopic (exact) mass is 463 g/mol. The fraction of sp³-hybridized carbons (Fsp3) is 0.0833. The van der Waals surface area contributed by atoms with Crippen LogP contribution in [0.25, 0.3) is 16.6 Å². The van der Waals surface area contributed by atoms with Gasteiger partial charge in [-0.3, -0.25) is 23.9 Å². The van der Waals surface area contributed by atoms with Crippen LogP contribution in [0.4, 0.5) is 0 Å². The zero-order valence-corrected chi connectivity index (χ0v) is 18.1. The van der Waals surface area contributed by atoms with Gasteiger partial charge in [0.05, 0.1) is 32.7 Å². The first-order valence-electron chi connectivity index (χ1n) is 9.87. The molecule has 5 rings (SSSR count). The number of carbonyl (C=O) groups is 2. The van der Waals surface area contributed by atoms with Crippen molar-refractivity contribution in [1.82, 2.24) is 14.5 Å². The molecule has 6 nitrogen and oxygen atoms in total. The molecule has 0 saturated heterocycles. The van der Waals surface area contributed by atoms with E-state index in [1.54, 1.807) is 66.7 Å². The van der Waals surface area contributed by atoms with Gasteiger partial charge in [0.15, 0.2) is 0 Å². The van der Waals surface area contributed by atoms with Gasteiger partial charge in [0, 0.05) is 18.0 Å². The Labute approximate surface area is 192 Å². The Bertz CT molecular complexity index is 1440. The van der Waals surface area contributed by atoms with E-state index in [1.807, 2.05) is 0 Å². The minimum atomic E-state index is -0.357. The largest absolute Gasteiger partial charge is 0.274 e. The molecule has 3 aromatic carbocycles. The van der Waals surface area contributed by atoms with Gasteiger partial charge in [0.25, 0.3) is 17.4 Å². The van der Waals surface area contributed by atoms with Crippen molar-refractivity contribution in [1.29, 1.82) is 0 Å². The number of imide groups is 1. The van der Waals surface area contributed by atoms with Crippen molar-refractivity contribution in [3.8, 4) is 5.69 Å². The molecule has 1 aliphatic heterocycles. The van der Waals surface area contributed by atoms with Crippen molar-refractivity contribution >= 4 is 45.9 Å². The summed E-state index contributed by atoms with van der Waals surface area (Å²) in [6, 6.07) is 18.5. The average Bonchev–Trinajstić information content (AvgIpc) is 3.03. The van der Waals surface area contributed by atoms with Gasteiger partial charge in [-0.25, -0.2) is 4.98 Å². The predicted octanol–water partition coefficient (Wildman–Crippen LogP) is 4.53. The van der Waals surface area contributed by atoms with Gasteiger partial charge in [0.1, 0.15) is 5.82 Å². The summed E-state index contributed by atoms with van der Waals surface area (Å²) in [6.07, 6.45) is 0.171. The van der Waals surface area contributed by atoms with E-state index in [1.165, 1.54) is 9.47 Å². The maximum atomic E-state index is 13.4. The number of halogens is 2. The summed E-state index contributed by atoms with van der Waals surface area (Å²) < 4.78 is 1.42. The quantitative estimate of drug-likeness (QED) is 0.416. The van der Waals surface area contributed by atoms with Crippen molar-refractivity contribution in [3.05, 3.63) is 104 Å². The molecule has 0 radical (unpaired) electrons. The van der Waals surface area contributed by atoms with Crippen LogP contribution in [-0.2, 0) is 6.42 Å². The molecule has 0 bridgehead atoms. The number of benzene rings is 3. The number of amides is 2. The lowest BCUT2D eigenvalue weighted by atomic mass is 10.1. The number of rotatable bonds is 4. The van der Waals surface area contributed by atoms with Crippen molar-refractivity contribution in [2.45, 2.75) is 6.42 Å². The molecule has 8 heteroatoms. The molecule has 158 valence electrons. The zero-order valence-electron chi connectivity index (χ0n) is 16.6. The molecule has 32 heavy (non-hydrogen) atoms. The van der Waals surface area contributed by atoms with Crippen LogP contribution in [0.1, 0.15) is 26.5 Å². The summed E-state index contributed by atoms with van der Waals surface area (Å²) >= 11 is 12.4. The van der Waals surface area contributed by atoms with Crippen LogP contribution < -0.4 is 5.56 Å². The van der Waals surface area contributed by atoms with Crippen LogP contribution >= 0.6 is 23.2 Å². The molecule has 0 N–H and O–H groups in total. The lowest BCUT2D eigenvalue weighted by Gasteiger charge is -2.18. The van der Waals surface area contributed by atoms with E-state index in [-0.39, 0.29) is 30.3 Å². The Morgan fingerprint density at radius 2 is 1.47 bits per heavy atom. The molecule has 1 aromatic heterocycles. The average molecular weight is 464 g/mol. The van der Waals surface area contributed by atoms with Gasteiger partial charge in [-0.05, 0) is 42.5 Å². The number of para-hydroxylation sites is 1. The third kappa shape index (κ3) is 3.28. The Morgan fingerprint density at radius 3 is 2.16 bits per heavy atom. The van der Waals surface area contributed by atoms with E-state index in [4.69, 9.17) is 23.2 Å². The topological polar surface area (TPSA) is 72.3 Å². The second-order valence-electron chi connectivity index (χ2n) is 7.34. The highest BCUT2D eigenvalue weighted by atomic mass is 35.5. The summed E-state index contributed by atoms with van der Waals surface area (Å²) in [6.45, 7) is 0.0718. The lowest BCUT2D eigenvalue weighted by molar-refractivity contribution is 0.0655. The maximum absolute atomic E-state index is 13.4. The number of nitrogens with zero attached hydrogens (tertiary/aromatic N) is 3. The van der Waals surface area contributed by atoms with Crippen molar-refractivity contribution in [2.24, 2.45) is 0 Å². The summed E-state index contributed by atoms with van der Waals surface area (Å²) in [7, 11) is 0. The van der Waals surface area contributed by atoms with Gasteiger partial charge in [-0.1, -0.05) is 47.5 Å². The van der Waals surface area contributed by atoms with Crippen LogP contribution in [0.5, 0.6) is 0 Å². The van der Waals surface area contributed by atoms with Crippen molar-refractivity contribution < 1.29 is 9.59 Å². The van der Waals surface area contributed by atoms with Gasteiger partial charge >= 0.3 is 0 Å². The first kappa shape index (κ1) is 20.4. The highest BCUT2D eigenvalue weighted by molar-refractivity contribution is 6.35. The zero-order chi connectivity index (χ0) is 22.4. The highest BCUT2D eigenvalue weighted by Crippen LogP contribution is 2.26. The number of fused-ring (bicyclic) bond motifs is 2. The number of aromatic nitrogens is 2. The molecule has 0 atom stereocenters. The van der Waals surface area contributed by atoms with E-state index in [0.717, 1.165) is 0 Å². The highest BCUT2D eigenvalue weighted by Gasteiger charge is 2.35. The Balaban J connectivity index is 1.59. The fourth-order valence-corrected chi connectivity index (χ4v) is 4.40. The van der Waals surface area contributed by atoms with E-state index >= 15 is 0 Å². The predicted molar refractivity (Wildman–Crippen MR) is 123 cm³/mol. The van der Waals surface area contributed by atoms with Crippen LogP contribution in [0.3, 0.4) is 0 Å². The lowest BCUT2D eigenvalue weighted by Crippen LogP contribution is -2.33. The standard InChI is InChI=1S/C24H15Cl2N3O3/c25-14-9-10-20(18(26)13-14)29-21(27-19-8-4-3-7-17(19)24(29)32)11-12-28-22(30)15-5-1-2-6-16(15)23(28)31/h1-10,13H,11-12H2. The van der Waals surface area contributed by atoms with Crippen LogP contribution in [0, 0.1) is 0 Å². The van der Waals surface area contributed by atoms with Crippen molar-refractivity contribution in [3.63, 3.8) is 0 Å². The van der Waals surface area contributed by atoms with E-state index in [2.05, 4.69) is 4.98 Å². The normalized spacial score (nSPS) is 13.1. The molecule has 0 unspecified atom stereocenters. The minimum absolute atomic E-state index is 0.0718. The van der Waals surface area contributed by atoms with Crippen molar-refractivity contribution in [2.75, 3.05) is 6.54 Å². The maximum Gasteiger partial charge on any atom is 0.266 e. The molecule has 2 heterocycles. The summed E-state index contributed by atoms with van der Waals surface area (Å²) in [5.41, 5.74) is 1.41. The van der Waals surface area contributed by atoms with E-state index in [0.29, 0.717) is 43.6 Å². The molecule has 0 aliphatic carbocycles.